The van der Waals surface area contributed by atoms with Crippen LogP contribution >= 0.6 is 0 Å². The fourth-order valence-corrected chi connectivity index (χ4v) is 4.44. The average Bonchev–Trinajstić information content (AvgIpc) is 2.63. The molecule has 0 spiro atoms. The minimum Gasteiger partial charge on any atom is -0.381 e. The molecular formula is C18H33N3O2. The molecule has 0 aromatic heterocycles. The summed E-state index contributed by atoms with van der Waals surface area (Å²) < 4.78 is 5.36. The largest absolute Gasteiger partial charge is 0.381 e. The molecular weight excluding hydrogens is 290 g/mol. The van der Waals surface area contributed by atoms with Crippen molar-refractivity contribution in [2.24, 2.45) is 11.7 Å². The zero-order valence-corrected chi connectivity index (χ0v) is 14.3. The van der Waals surface area contributed by atoms with Crippen LogP contribution < -0.4 is 11.1 Å². The summed E-state index contributed by atoms with van der Waals surface area (Å²) in [6.07, 6.45) is 10.9. The smallest absolute Gasteiger partial charge is 0.237 e. The van der Waals surface area contributed by atoms with Gasteiger partial charge in [0.05, 0.1) is 6.04 Å². The van der Waals surface area contributed by atoms with Crippen LogP contribution in [0.25, 0.3) is 0 Å². The molecule has 1 amide bonds. The first kappa shape index (κ1) is 17.2. The predicted octanol–water partition coefficient (Wildman–Crippen LogP) is 1.65. The first-order valence-electron chi connectivity index (χ1n) is 9.62. The number of nitrogens with two attached hydrogens (primary N) is 1. The number of carbonyl (C=O) groups excluding carboxylic acids is 1. The standard InChI is InChI=1S/C18H33N3O2/c19-17(14-8-12-23-13-9-14)18(22)20-15-6-10-21(11-7-15)16-4-2-1-3-5-16/h14-17H,1-13,19H2,(H,20,22). The molecule has 0 radical (unpaired) electrons. The van der Waals surface area contributed by atoms with Gasteiger partial charge in [0.2, 0.25) is 5.91 Å². The average molecular weight is 323 g/mol. The van der Waals surface area contributed by atoms with Crippen molar-refractivity contribution in [2.75, 3.05) is 26.3 Å². The molecule has 5 nitrogen and oxygen atoms in total. The van der Waals surface area contributed by atoms with Crippen LogP contribution in [0.2, 0.25) is 0 Å². The van der Waals surface area contributed by atoms with E-state index in [0.717, 1.165) is 58.0 Å². The van der Waals surface area contributed by atoms with Crippen LogP contribution in [0.15, 0.2) is 0 Å². The van der Waals surface area contributed by atoms with Crippen LogP contribution in [0.4, 0.5) is 0 Å². The van der Waals surface area contributed by atoms with Gasteiger partial charge in [-0.1, -0.05) is 19.3 Å². The van der Waals surface area contributed by atoms with E-state index in [2.05, 4.69) is 10.2 Å². The molecule has 3 aliphatic rings. The topological polar surface area (TPSA) is 67.6 Å². The molecule has 3 fully saturated rings. The first-order chi connectivity index (χ1) is 11.2. The van der Waals surface area contributed by atoms with Crippen LogP contribution in [0, 0.1) is 5.92 Å². The van der Waals surface area contributed by atoms with Gasteiger partial charge in [-0.15, -0.1) is 0 Å². The number of ether oxygens (including phenoxy) is 1. The second-order valence-electron chi connectivity index (χ2n) is 7.59. The van der Waals surface area contributed by atoms with E-state index in [0.29, 0.717) is 6.04 Å². The van der Waals surface area contributed by atoms with Gasteiger partial charge in [-0.05, 0) is 44.4 Å². The van der Waals surface area contributed by atoms with Gasteiger partial charge in [0, 0.05) is 38.4 Å². The van der Waals surface area contributed by atoms with E-state index in [1.54, 1.807) is 0 Å². The normalized spacial score (nSPS) is 27.7. The highest BCUT2D eigenvalue weighted by atomic mass is 16.5. The summed E-state index contributed by atoms with van der Waals surface area (Å²) >= 11 is 0. The highest BCUT2D eigenvalue weighted by Crippen LogP contribution is 2.25. The molecule has 23 heavy (non-hydrogen) atoms. The Morgan fingerprint density at radius 2 is 1.65 bits per heavy atom. The van der Waals surface area contributed by atoms with E-state index in [1.165, 1.54) is 32.1 Å². The zero-order valence-electron chi connectivity index (χ0n) is 14.3. The Kier molecular flexibility index (Phi) is 6.31. The first-order valence-corrected chi connectivity index (χ1v) is 9.62. The third-order valence-electron chi connectivity index (χ3n) is 6.04. The van der Waals surface area contributed by atoms with E-state index >= 15 is 0 Å². The SMILES string of the molecule is NC(C(=O)NC1CCN(C2CCCCC2)CC1)C1CCOCC1. The summed E-state index contributed by atoms with van der Waals surface area (Å²) in [6, 6.07) is 0.744. The summed E-state index contributed by atoms with van der Waals surface area (Å²) in [5.74, 6) is 0.332. The number of rotatable bonds is 4. The molecule has 3 rings (SSSR count). The van der Waals surface area contributed by atoms with Crippen molar-refractivity contribution in [2.45, 2.75) is 75.9 Å². The Balaban J connectivity index is 1.40. The van der Waals surface area contributed by atoms with Crippen LogP contribution in [-0.4, -0.2) is 55.2 Å². The molecule has 0 aromatic carbocycles. The lowest BCUT2D eigenvalue weighted by Gasteiger charge is -2.39. The maximum atomic E-state index is 12.4. The van der Waals surface area contributed by atoms with E-state index in [9.17, 15) is 4.79 Å². The summed E-state index contributed by atoms with van der Waals surface area (Å²) in [5, 5.41) is 3.21. The quantitative estimate of drug-likeness (QED) is 0.825. The maximum Gasteiger partial charge on any atom is 0.237 e. The van der Waals surface area contributed by atoms with Gasteiger partial charge in [0.15, 0.2) is 0 Å². The Labute approximate surface area is 140 Å². The Morgan fingerprint density at radius 3 is 2.30 bits per heavy atom. The van der Waals surface area contributed by atoms with Crippen LogP contribution in [0.5, 0.6) is 0 Å². The highest BCUT2D eigenvalue weighted by Gasteiger charge is 2.30. The third-order valence-corrected chi connectivity index (χ3v) is 6.04. The van der Waals surface area contributed by atoms with Crippen molar-refractivity contribution in [3.8, 4) is 0 Å². The van der Waals surface area contributed by atoms with Crippen molar-refractivity contribution in [1.29, 1.82) is 0 Å². The summed E-state index contributed by atoms with van der Waals surface area (Å²) in [7, 11) is 0. The van der Waals surface area contributed by atoms with Crippen molar-refractivity contribution < 1.29 is 9.53 Å². The number of hydrogen-bond donors (Lipinski definition) is 2. The van der Waals surface area contributed by atoms with E-state index < -0.39 is 0 Å². The number of hydrogen-bond acceptors (Lipinski definition) is 4. The predicted molar refractivity (Wildman–Crippen MR) is 91.1 cm³/mol. The van der Waals surface area contributed by atoms with Gasteiger partial charge < -0.3 is 20.7 Å². The lowest BCUT2D eigenvalue weighted by Crippen LogP contribution is -2.53. The number of nitrogens with one attached hydrogen (secondary N) is 1. The molecule has 1 saturated carbocycles. The molecule has 1 atom stereocenters. The molecule has 1 unspecified atom stereocenters. The lowest BCUT2D eigenvalue weighted by atomic mass is 9.90. The van der Waals surface area contributed by atoms with Crippen molar-refractivity contribution >= 4 is 5.91 Å². The monoisotopic (exact) mass is 323 g/mol. The van der Waals surface area contributed by atoms with Crippen molar-refractivity contribution in [1.82, 2.24) is 10.2 Å². The van der Waals surface area contributed by atoms with E-state index in [1.807, 2.05) is 0 Å². The minimum atomic E-state index is -0.365. The summed E-state index contributed by atoms with van der Waals surface area (Å²) in [6.45, 7) is 3.74. The number of carbonyl (C=O) groups is 1. The minimum absolute atomic E-state index is 0.0491. The maximum absolute atomic E-state index is 12.4. The van der Waals surface area contributed by atoms with Crippen LogP contribution in [0.1, 0.15) is 57.8 Å². The second-order valence-corrected chi connectivity index (χ2v) is 7.59. The van der Waals surface area contributed by atoms with Crippen LogP contribution in [0.3, 0.4) is 0 Å². The molecule has 132 valence electrons. The van der Waals surface area contributed by atoms with E-state index in [-0.39, 0.29) is 17.9 Å². The lowest BCUT2D eigenvalue weighted by molar-refractivity contribution is -0.125. The summed E-state index contributed by atoms with van der Waals surface area (Å²) in [5.41, 5.74) is 6.18. The van der Waals surface area contributed by atoms with Gasteiger partial charge in [-0.25, -0.2) is 0 Å². The Bertz CT molecular complexity index is 370. The molecule has 0 bridgehead atoms. The van der Waals surface area contributed by atoms with Crippen molar-refractivity contribution in [3.05, 3.63) is 0 Å². The molecule has 0 aromatic rings. The Morgan fingerprint density at radius 1 is 1.00 bits per heavy atom. The zero-order chi connectivity index (χ0) is 16.1. The van der Waals surface area contributed by atoms with Crippen LogP contribution in [-0.2, 0) is 9.53 Å². The van der Waals surface area contributed by atoms with Gasteiger partial charge in [0.25, 0.3) is 0 Å². The fourth-order valence-electron chi connectivity index (χ4n) is 4.44. The number of piperidine rings is 1. The van der Waals surface area contributed by atoms with Gasteiger partial charge in [0.1, 0.15) is 0 Å². The molecule has 1 aliphatic carbocycles. The molecule has 5 heteroatoms. The van der Waals surface area contributed by atoms with E-state index in [4.69, 9.17) is 10.5 Å². The van der Waals surface area contributed by atoms with Gasteiger partial charge >= 0.3 is 0 Å². The number of nitrogens with zero attached hydrogens (tertiary/aromatic N) is 1. The molecule has 3 N–H and O–H groups in total. The molecule has 2 heterocycles. The fraction of sp³-hybridized carbons (Fsp3) is 0.944. The summed E-state index contributed by atoms with van der Waals surface area (Å²) in [4.78, 5) is 15.1. The Hall–Kier alpha value is -0.650. The number of likely N-dealkylation sites (tertiary alicyclic amines) is 1. The van der Waals surface area contributed by atoms with Gasteiger partial charge in [-0.3, -0.25) is 4.79 Å². The van der Waals surface area contributed by atoms with Gasteiger partial charge in [-0.2, -0.15) is 0 Å². The number of amides is 1. The second kappa shape index (κ2) is 8.45. The molecule has 2 aliphatic heterocycles. The molecule has 2 saturated heterocycles. The highest BCUT2D eigenvalue weighted by molar-refractivity contribution is 5.82. The third kappa shape index (κ3) is 4.68. The van der Waals surface area contributed by atoms with Crippen molar-refractivity contribution in [3.63, 3.8) is 0 Å².